The van der Waals surface area contributed by atoms with Crippen molar-refractivity contribution >= 4 is 31.0 Å². The molecule has 3 unspecified atom stereocenters. The zero-order valence-corrected chi connectivity index (χ0v) is 24.5. The van der Waals surface area contributed by atoms with Crippen LogP contribution in [0.15, 0.2) is 12.3 Å². The van der Waals surface area contributed by atoms with Crippen LogP contribution in [0.4, 0.5) is 4.79 Å². The lowest BCUT2D eigenvalue weighted by molar-refractivity contribution is -0.0721. The van der Waals surface area contributed by atoms with E-state index in [4.69, 9.17) is 18.0 Å². The van der Waals surface area contributed by atoms with Crippen molar-refractivity contribution in [3.05, 3.63) is 12.3 Å². The fraction of sp³-hybridized carbons (Fsp3) is 0.857. The van der Waals surface area contributed by atoms with E-state index in [0.717, 1.165) is 0 Å². The van der Waals surface area contributed by atoms with Gasteiger partial charge >= 0.3 is 6.09 Å². The average molecular weight is 478 g/mol. The van der Waals surface area contributed by atoms with E-state index in [-0.39, 0.29) is 6.10 Å². The largest absolute Gasteiger partial charge is 0.419 e. The summed E-state index contributed by atoms with van der Waals surface area (Å²) in [6.45, 7) is 29.1. The van der Waals surface area contributed by atoms with Gasteiger partial charge in [0.1, 0.15) is 24.3 Å². The number of nitrogens with zero attached hydrogens (tertiary/aromatic N) is 1. The van der Waals surface area contributed by atoms with Gasteiger partial charge in [0.15, 0.2) is 25.0 Å². The van der Waals surface area contributed by atoms with Gasteiger partial charge in [0.05, 0.1) is 0 Å². The van der Waals surface area contributed by atoms with Gasteiger partial charge in [-0.1, -0.05) is 27.4 Å². The van der Waals surface area contributed by atoms with Crippen molar-refractivity contribution in [1.29, 1.82) is 0 Å². The molecule has 0 aromatic carbocycles. The minimum atomic E-state index is -1.90. The van der Waals surface area contributed by atoms with Crippen molar-refractivity contribution in [1.82, 2.24) is 4.90 Å². The van der Waals surface area contributed by atoms with Crippen LogP contribution in [-0.4, -0.2) is 54.5 Å². The Morgan fingerprint density at radius 2 is 1.10 bits per heavy atom. The van der Waals surface area contributed by atoms with E-state index in [2.05, 4.69) is 65.5 Å². The van der Waals surface area contributed by atoms with E-state index in [1.165, 1.54) is 0 Å². The number of carbonyl (C=O) groups excluding carboxylic acids is 1. The van der Waals surface area contributed by atoms with Gasteiger partial charge < -0.3 is 18.0 Å². The summed E-state index contributed by atoms with van der Waals surface area (Å²) in [7, 11) is -5.61. The smallest absolute Gasteiger partial charge is 0.412 e. The van der Waals surface area contributed by atoms with Crippen LogP contribution < -0.4 is 0 Å². The van der Waals surface area contributed by atoms with Gasteiger partial charge in [-0.3, -0.25) is 4.90 Å². The van der Waals surface area contributed by atoms with Gasteiger partial charge in [-0.05, 0) is 78.2 Å². The molecule has 0 aliphatic carbocycles. The molecule has 178 valence electrons. The standard InChI is InChI=1S/C21H47NO5Si3/c1-14-18(25-28(5,6)7)17(4)24-21(23)22(19(15-2)26-29(8,9)10)20(16-3)27-30(11,12)13/h18-20H,4,14-16H2,1-3,5-13H3. The summed E-state index contributed by atoms with van der Waals surface area (Å²) in [6, 6.07) is 0. The van der Waals surface area contributed by atoms with Crippen molar-refractivity contribution in [3.63, 3.8) is 0 Å². The summed E-state index contributed by atoms with van der Waals surface area (Å²) in [5.74, 6) is 0.348. The second kappa shape index (κ2) is 12.0. The fourth-order valence-electron chi connectivity index (χ4n) is 2.94. The Hall–Kier alpha value is -0.459. The zero-order chi connectivity index (χ0) is 23.9. The summed E-state index contributed by atoms with van der Waals surface area (Å²) in [4.78, 5) is 15.0. The zero-order valence-electron chi connectivity index (χ0n) is 21.5. The molecule has 0 spiro atoms. The number of hydrogen-bond donors (Lipinski definition) is 0. The predicted octanol–water partition coefficient (Wildman–Crippen LogP) is 6.74. The molecule has 0 aliphatic heterocycles. The van der Waals surface area contributed by atoms with Crippen molar-refractivity contribution in [3.8, 4) is 0 Å². The summed E-state index contributed by atoms with van der Waals surface area (Å²) < 4.78 is 24.6. The van der Waals surface area contributed by atoms with E-state index in [9.17, 15) is 4.79 Å². The molecule has 0 heterocycles. The molecule has 1 amide bonds. The highest BCUT2D eigenvalue weighted by atomic mass is 28.4. The number of carbonyl (C=O) groups is 1. The second-order valence-electron chi connectivity index (χ2n) is 10.6. The molecule has 0 fully saturated rings. The molecular formula is C21H47NO5Si3. The van der Waals surface area contributed by atoms with Gasteiger partial charge in [-0.25, -0.2) is 4.79 Å². The molecule has 0 radical (unpaired) electrons. The molecule has 0 N–H and O–H groups in total. The normalized spacial score (nSPS) is 16.0. The lowest BCUT2D eigenvalue weighted by Gasteiger charge is -2.41. The molecule has 9 heteroatoms. The highest BCUT2D eigenvalue weighted by Crippen LogP contribution is 2.25. The molecule has 0 aliphatic rings. The van der Waals surface area contributed by atoms with Crippen LogP contribution in [0.3, 0.4) is 0 Å². The molecule has 0 aromatic heterocycles. The van der Waals surface area contributed by atoms with Crippen LogP contribution in [0, 0.1) is 0 Å². The maximum atomic E-state index is 13.4. The second-order valence-corrected chi connectivity index (χ2v) is 23.9. The molecule has 0 rings (SSSR count). The summed E-state index contributed by atoms with van der Waals surface area (Å²) in [5, 5.41) is 0. The molecule has 0 aromatic rings. The van der Waals surface area contributed by atoms with Crippen LogP contribution in [0.5, 0.6) is 0 Å². The number of hydrogen-bond acceptors (Lipinski definition) is 5. The molecule has 3 atom stereocenters. The Kier molecular flexibility index (Phi) is 11.8. The van der Waals surface area contributed by atoms with Gasteiger partial charge in [0.2, 0.25) is 0 Å². The minimum Gasteiger partial charge on any atom is -0.412 e. The molecule has 0 saturated heterocycles. The van der Waals surface area contributed by atoms with Crippen molar-refractivity contribution in [2.75, 3.05) is 0 Å². The van der Waals surface area contributed by atoms with Crippen LogP contribution >= 0.6 is 0 Å². The first-order valence-electron chi connectivity index (χ1n) is 11.2. The summed E-state index contributed by atoms with van der Waals surface area (Å²) in [6.07, 6.45) is 0.403. The predicted molar refractivity (Wildman–Crippen MR) is 133 cm³/mol. The average Bonchev–Trinajstić information content (AvgIpc) is 2.54. The lowest BCUT2D eigenvalue weighted by Crippen LogP contribution is -2.54. The van der Waals surface area contributed by atoms with Crippen LogP contribution in [0.25, 0.3) is 0 Å². The van der Waals surface area contributed by atoms with Crippen molar-refractivity contribution in [2.45, 2.75) is 118 Å². The first-order chi connectivity index (χ1) is 13.4. The number of rotatable bonds is 13. The molecule has 30 heavy (non-hydrogen) atoms. The number of ether oxygens (including phenoxy) is 1. The van der Waals surface area contributed by atoms with Gasteiger partial charge in [0, 0.05) is 0 Å². The Morgan fingerprint density at radius 3 is 1.37 bits per heavy atom. The van der Waals surface area contributed by atoms with E-state index in [0.29, 0.717) is 25.0 Å². The lowest BCUT2D eigenvalue weighted by atomic mass is 10.2. The minimum absolute atomic E-state index is 0.307. The summed E-state index contributed by atoms with van der Waals surface area (Å²) in [5.41, 5.74) is 0. The third-order valence-electron chi connectivity index (χ3n) is 3.95. The number of amides is 1. The maximum absolute atomic E-state index is 13.4. The van der Waals surface area contributed by atoms with E-state index >= 15 is 0 Å². The Balaban J connectivity index is 5.81. The van der Waals surface area contributed by atoms with E-state index in [1.54, 1.807) is 4.90 Å². The highest BCUT2D eigenvalue weighted by Gasteiger charge is 2.37. The molecule has 6 nitrogen and oxygen atoms in total. The van der Waals surface area contributed by atoms with Gasteiger partial charge in [0.25, 0.3) is 0 Å². The van der Waals surface area contributed by atoms with E-state index in [1.807, 2.05) is 20.8 Å². The van der Waals surface area contributed by atoms with Crippen LogP contribution in [0.2, 0.25) is 58.9 Å². The molecule has 0 saturated carbocycles. The third kappa shape index (κ3) is 11.8. The third-order valence-corrected chi connectivity index (χ3v) is 6.90. The van der Waals surface area contributed by atoms with Crippen molar-refractivity contribution in [2.24, 2.45) is 0 Å². The molecular weight excluding hydrogens is 430 g/mol. The maximum Gasteiger partial charge on any atom is 0.419 e. The first-order valence-corrected chi connectivity index (χ1v) is 21.4. The Morgan fingerprint density at radius 1 is 0.733 bits per heavy atom. The van der Waals surface area contributed by atoms with Crippen molar-refractivity contribution < 1.29 is 22.8 Å². The fourth-order valence-corrected chi connectivity index (χ4v) is 6.29. The SMILES string of the molecule is C=C(OC(=O)N(C(CC)O[Si](C)(C)C)C(CC)O[Si](C)(C)C)C(CC)O[Si](C)(C)C. The van der Waals surface area contributed by atoms with Crippen LogP contribution in [-0.2, 0) is 18.0 Å². The first kappa shape index (κ1) is 29.5. The monoisotopic (exact) mass is 477 g/mol. The topological polar surface area (TPSA) is 57.2 Å². The summed E-state index contributed by atoms with van der Waals surface area (Å²) >= 11 is 0. The molecule has 0 bridgehead atoms. The Labute approximate surface area is 188 Å². The highest BCUT2D eigenvalue weighted by molar-refractivity contribution is 6.70. The Bertz CT molecular complexity index is 528. The van der Waals surface area contributed by atoms with Crippen LogP contribution in [0.1, 0.15) is 40.0 Å². The van der Waals surface area contributed by atoms with Gasteiger partial charge in [-0.15, -0.1) is 0 Å². The van der Waals surface area contributed by atoms with Gasteiger partial charge in [-0.2, -0.15) is 0 Å². The van der Waals surface area contributed by atoms with E-state index < -0.39 is 43.5 Å². The quantitative estimate of drug-likeness (QED) is 0.167.